The molecule has 0 spiro atoms. The normalized spacial score (nSPS) is 16.4. The standard InChI is InChI=1S/C26H28N4O2/c1-19-9-11-21(12-10-19)25-22(18-30(28-25)16-20-6-3-2-4-7-20)13-14-24(31)29-15-5-8-23(17-29)26(27)32/h2-4,6-7,9-14,18,23H,5,8,15-17H2,1H3,(H2,27,32)/b14-13+. The van der Waals surface area contributed by atoms with Gasteiger partial charge in [0.15, 0.2) is 0 Å². The topological polar surface area (TPSA) is 81.2 Å². The molecule has 4 rings (SSSR count). The lowest BCUT2D eigenvalue weighted by molar-refractivity contribution is -0.130. The van der Waals surface area contributed by atoms with Crippen molar-refractivity contribution in [2.75, 3.05) is 13.1 Å². The maximum Gasteiger partial charge on any atom is 0.246 e. The van der Waals surface area contributed by atoms with Gasteiger partial charge in [0.2, 0.25) is 11.8 Å². The van der Waals surface area contributed by atoms with E-state index in [4.69, 9.17) is 10.8 Å². The summed E-state index contributed by atoms with van der Waals surface area (Å²) in [5, 5.41) is 4.81. The molecule has 6 nitrogen and oxygen atoms in total. The van der Waals surface area contributed by atoms with Crippen LogP contribution in [-0.2, 0) is 16.1 Å². The van der Waals surface area contributed by atoms with Crippen molar-refractivity contribution < 1.29 is 9.59 Å². The van der Waals surface area contributed by atoms with Crippen LogP contribution in [-0.4, -0.2) is 39.6 Å². The third-order valence-corrected chi connectivity index (χ3v) is 5.84. The van der Waals surface area contributed by atoms with Crippen molar-refractivity contribution in [3.63, 3.8) is 0 Å². The largest absolute Gasteiger partial charge is 0.369 e. The molecule has 2 N–H and O–H groups in total. The molecule has 164 valence electrons. The number of rotatable bonds is 6. The number of hydrogen-bond donors (Lipinski definition) is 1. The summed E-state index contributed by atoms with van der Waals surface area (Å²) < 4.78 is 1.90. The van der Waals surface area contributed by atoms with E-state index in [0.29, 0.717) is 19.6 Å². The zero-order chi connectivity index (χ0) is 22.5. The Morgan fingerprint density at radius 3 is 2.59 bits per heavy atom. The van der Waals surface area contributed by atoms with Crippen LogP contribution in [0.5, 0.6) is 0 Å². The zero-order valence-electron chi connectivity index (χ0n) is 18.3. The second-order valence-electron chi connectivity index (χ2n) is 8.34. The smallest absolute Gasteiger partial charge is 0.246 e. The van der Waals surface area contributed by atoms with Gasteiger partial charge in [-0.3, -0.25) is 14.3 Å². The number of aromatic nitrogens is 2. The highest BCUT2D eigenvalue weighted by Gasteiger charge is 2.26. The van der Waals surface area contributed by atoms with Gasteiger partial charge in [0.05, 0.1) is 18.2 Å². The Morgan fingerprint density at radius 1 is 1.12 bits per heavy atom. The van der Waals surface area contributed by atoms with Crippen LogP contribution >= 0.6 is 0 Å². The molecular weight excluding hydrogens is 400 g/mol. The first-order valence-corrected chi connectivity index (χ1v) is 10.9. The van der Waals surface area contributed by atoms with Gasteiger partial charge < -0.3 is 10.6 Å². The summed E-state index contributed by atoms with van der Waals surface area (Å²) in [5.41, 5.74) is 10.5. The average Bonchev–Trinajstić information content (AvgIpc) is 3.21. The van der Waals surface area contributed by atoms with Gasteiger partial charge in [-0.1, -0.05) is 60.2 Å². The molecule has 2 amide bonds. The fourth-order valence-electron chi connectivity index (χ4n) is 4.02. The van der Waals surface area contributed by atoms with E-state index in [1.54, 1.807) is 11.0 Å². The summed E-state index contributed by atoms with van der Waals surface area (Å²) in [6, 6.07) is 18.4. The molecule has 1 saturated heterocycles. The molecule has 1 aliphatic rings. The van der Waals surface area contributed by atoms with Crippen molar-refractivity contribution in [1.29, 1.82) is 0 Å². The third-order valence-electron chi connectivity index (χ3n) is 5.84. The number of aryl methyl sites for hydroxylation is 1. The first kappa shape index (κ1) is 21.6. The monoisotopic (exact) mass is 428 g/mol. The van der Waals surface area contributed by atoms with E-state index in [2.05, 4.69) is 31.2 Å². The summed E-state index contributed by atoms with van der Waals surface area (Å²) in [6.07, 6.45) is 6.89. The van der Waals surface area contributed by atoms with Crippen LogP contribution in [0.2, 0.25) is 0 Å². The predicted molar refractivity (Wildman–Crippen MR) is 125 cm³/mol. The van der Waals surface area contributed by atoms with E-state index in [9.17, 15) is 9.59 Å². The molecule has 0 bridgehead atoms. The second-order valence-corrected chi connectivity index (χ2v) is 8.34. The summed E-state index contributed by atoms with van der Waals surface area (Å²) in [4.78, 5) is 26.0. The summed E-state index contributed by atoms with van der Waals surface area (Å²) >= 11 is 0. The molecule has 1 aromatic heterocycles. The van der Waals surface area contributed by atoms with Gasteiger partial charge in [0.25, 0.3) is 0 Å². The summed E-state index contributed by atoms with van der Waals surface area (Å²) in [5.74, 6) is -0.713. The maximum absolute atomic E-state index is 12.8. The van der Waals surface area contributed by atoms with E-state index >= 15 is 0 Å². The molecule has 1 unspecified atom stereocenters. The minimum absolute atomic E-state index is 0.110. The number of piperidine rings is 1. The molecule has 0 saturated carbocycles. The van der Waals surface area contributed by atoms with E-state index in [0.717, 1.165) is 35.2 Å². The Bertz CT molecular complexity index is 1120. The predicted octanol–water partition coefficient (Wildman–Crippen LogP) is 3.64. The van der Waals surface area contributed by atoms with Crippen molar-refractivity contribution in [3.8, 4) is 11.3 Å². The average molecular weight is 429 g/mol. The van der Waals surface area contributed by atoms with Crippen LogP contribution in [0.3, 0.4) is 0 Å². The molecule has 2 aromatic carbocycles. The van der Waals surface area contributed by atoms with E-state index < -0.39 is 0 Å². The van der Waals surface area contributed by atoms with Crippen molar-refractivity contribution in [2.45, 2.75) is 26.3 Å². The van der Waals surface area contributed by atoms with Crippen molar-refractivity contribution >= 4 is 17.9 Å². The first-order chi connectivity index (χ1) is 15.5. The van der Waals surface area contributed by atoms with Crippen LogP contribution in [0.1, 0.15) is 29.5 Å². The number of nitrogens with two attached hydrogens (primary N) is 1. The molecule has 1 fully saturated rings. The fourth-order valence-corrected chi connectivity index (χ4v) is 4.02. The van der Waals surface area contributed by atoms with Crippen LogP contribution in [0, 0.1) is 12.8 Å². The Kier molecular flexibility index (Phi) is 6.50. The minimum atomic E-state index is -0.338. The highest BCUT2D eigenvalue weighted by molar-refractivity contribution is 5.93. The van der Waals surface area contributed by atoms with Crippen molar-refractivity contribution in [1.82, 2.24) is 14.7 Å². The lowest BCUT2D eigenvalue weighted by atomic mass is 9.97. The van der Waals surface area contributed by atoms with Gasteiger partial charge >= 0.3 is 0 Å². The van der Waals surface area contributed by atoms with Crippen LogP contribution < -0.4 is 5.73 Å². The minimum Gasteiger partial charge on any atom is -0.369 e. The molecule has 6 heteroatoms. The van der Waals surface area contributed by atoms with Crippen LogP contribution in [0.25, 0.3) is 17.3 Å². The molecule has 1 aliphatic heterocycles. The maximum atomic E-state index is 12.8. The van der Waals surface area contributed by atoms with Crippen LogP contribution in [0.4, 0.5) is 0 Å². The van der Waals surface area contributed by atoms with Crippen molar-refractivity contribution in [3.05, 3.63) is 83.6 Å². The number of benzene rings is 2. The highest BCUT2D eigenvalue weighted by Crippen LogP contribution is 2.25. The summed E-state index contributed by atoms with van der Waals surface area (Å²) in [6.45, 7) is 3.73. The molecule has 0 radical (unpaired) electrons. The van der Waals surface area contributed by atoms with E-state index in [-0.39, 0.29) is 17.7 Å². The van der Waals surface area contributed by atoms with Crippen LogP contribution in [0.15, 0.2) is 66.9 Å². The molecule has 1 atom stereocenters. The van der Waals surface area contributed by atoms with E-state index in [1.165, 1.54) is 5.56 Å². The number of carbonyl (C=O) groups is 2. The number of nitrogens with zero attached hydrogens (tertiary/aromatic N) is 3. The summed E-state index contributed by atoms with van der Waals surface area (Å²) in [7, 11) is 0. The van der Waals surface area contributed by atoms with Gasteiger partial charge in [-0.25, -0.2) is 0 Å². The molecule has 2 heterocycles. The Labute approximate surface area is 188 Å². The molecule has 0 aliphatic carbocycles. The first-order valence-electron chi connectivity index (χ1n) is 10.9. The number of carbonyl (C=O) groups excluding carboxylic acids is 2. The van der Waals surface area contributed by atoms with Gasteiger partial charge in [-0.2, -0.15) is 5.10 Å². The molecule has 32 heavy (non-hydrogen) atoms. The Hall–Kier alpha value is -3.67. The second kappa shape index (κ2) is 9.64. The van der Waals surface area contributed by atoms with E-state index in [1.807, 2.05) is 47.3 Å². The quantitative estimate of drug-likeness (QED) is 0.609. The van der Waals surface area contributed by atoms with Gasteiger partial charge in [-0.05, 0) is 31.4 Å². The lowest BCUT2D eigenvalue weighted by Crippen LogP contribution is -2.43. The van der Waals surface area contributed by atoms with Gasteiger partial charge in [0.1, 0.15) is 0 Å². The SMILES string of the molecule is Cc1ccc(-c2nn(Cc3ccccc3)cc2/C=C/C(=O)N2CCCC(C(N)=O)C2)cc1. The van der Waals surface area contributed by atoms with Crippen molar-refractivity contribution in [2.24, 2.45) is 11.7 Å². The molecular formula is C26H28N4O2. The Morgan fingerprint density at radius 2 is 1.88 bits per heavy atom. The Balaban J connectivity index is 1.59. The van der Waals surface area contributed by atoms with Gasteiger partial charge in [0, 0.05) is 36.5 Å². The van der Waals surface area contributed by atoms with Gasteiger partial charge in [-0.15, -0.1) is 0 Å². The number of primary amides is 1. The fraction of sp³-hybridized carbons (Fsp3) is 0.269. The number of hydrogen-bond acceptors (Lipinski definition) is 3. The highest BCUT2D eigenvalue weighted by atomic mass is 16.2. The number of amides is 2. The third kappa shape index (κ3) is 5.14. The molecule has 3 aromatic rings. The lowest BCUT2D eigenvalue weighted by Gasteiger charge is -2.30. The number of likely N-dealkylation sites (tertiary alicyclic amines) is 1. The zero-order valence-corrected chi connectivity index (χ0v) is 18.3.